The highest BCUT2D eigenvalue weighted by molar-refractivity contribution is 5.37. The normalized spacial score (nSPS) is 14.4. The van der Waals surface area contributed by atoms with Crippen molar-refractivity contribution in [2.75, 3.05) is 19.0 Å². The Labute approximate surface area is 88.5 Å². The van der Waals surface area contributed by atoms with E-state index in [1.165, 1.54) is 13.4 Å². The van der Waals surface area contributed by atoms with Crippen LogP contribution in [0.15, 0.2) is 12.4 Å². The van der Waals surface area contributed by atoms with E-state index in [9.17, 15) is 5.11 Å². The minimum Gasteiger partial charge on any atom is -0.481 e. The third-order valence-electron chi connectivity index (χ3n) is 1.99. The topological polar surface area (TPSA) is 93.3 Å². The summed E-state index contributed by atoms with van der Waals surface area (Å²) in [5.74, 6) is 1.11. The highest BCUT2D eigenvalue weighted by Gasteiger charge is 2.08. The summed E-state index contributed by atoms with van der Waals surface area (Å²) in [5, 5.41) is 12.2. The van der Waals surface area contributed by atoms with E-state index in [0.29, 0.717) is 18.2 Å². The number of methoxy groups -OCH3 is 1. The summed E-state index contributed by atoms with van der Waals surface area (Å²) in [5.41, 5.74) is 5.65. The van der Waals surface area contributed by atoms with E-state index in [0.717, 1.165) is 0 Å². The molecule has 6 nitrogen and oxygen atoms in total. The second kappa shape index (κ2) is 5.47. The first-order valence-electron chi connectivity index (χ1n) is 4.67. The maximum Gasteiger partial charge on any atom is 0.218 e. The van der Waals surface area contributed by atoms with Gasteiger partial charge in [0.15, 0.2) is 0 Å². The first-order valence-corrected chi connectivity index (χ1v) is 4.67. The van der Waals surface area contributed by atoms with Gasteiger partial charge in [-0.3, -0.25) is 0 Å². The van der Waals surface area contributed by atoms with Gasteiger partial charge < -0.3 is 20.9 Å². The molecule has 0 bridgehead atoms. The second-order valence-electron chi connectivity index (χ2n) is 3.23. The fourth-order valence-electron chi connectivity index (χ4n) is 0.941. The van der Waals surface area contributed by atoms with Gasteiger partial charge in [-0.2, -0.15) is 0 Å². The summed E-state index contributed by atoms with van der Waals surface area (Å²) in [6, 6.07) is 1.33. The first kappa shape index (κ1) is 11.7. The molecule has 0 radical (unpaired) electrons. The molecule has 4 N–H and O–H groups in total. The molecule has 0 saturated carbocycles. The minimum absolute atomic E-state index is 0.328. The zero-order valence-electron chi connectivity index (χ0n) is 8.84. The van der Waals surface area contributed by atoms with Crippen molar-refractivity contribution in [3.8, 4) is 5.88 Å². The largest absolute Gasteiger partial charge is 0.481 e. The molecule has 0 amide bonds. The predicted octanol–water partition coefficient (Wildman–Crippen LogP) is -0.395. The molecule has 1 heterocycles. The number of nitrogens with zero attached hydrogens (tertiary/aromatic N) is 2. The smallest absolute Gasteiger partial charge is 0.218 e. The quantitative estimate of drug-likeness (QED) is 0.615. The van der Waals surface area contributed by atoms with E-state index < -0.39 is 6.10 Å². The summed E-state index contributed by atoms with van der Waals surface area (Å²) in [7, 11) is 1.54. The van der Waals surface area contributed by atoms with Crippen molar-refractivity contribution < 1.29 is 9.84 Å². The number of hydrogen-bond donors (Lipinski definition) is 3. The molecule has 84 valence electrons. The van der Waals surface area contributed by atoms with Crippen LogP contribution in [-0.4, -0.2) is 40.9 Å². The number of ether oxygens (including phenoxy) is 1. The maximum absolute atomic E-state index is 9.18. The molecule has 1 rings (SSSR count). The number of aliphatic hydroxyl groups is 1. The van der Waals surface area contributed by atoms with Crippen molar-refractivity contribution >= 4 is 5.82 Å². The summed E-state index contributed by atoms with van der Waals surface area (Å²) in [6.07, 6.45) is 0.843. The Kier molecular flexibility index (Phi) is 4.26. The number of aromatic nitrogens is 2. The van der Waals surface area contributed by atoms with Crippen LogP contribution in [0.25, 0.3) is 0 Å². The van der Waals surface area contributed by atoms with E-state index in [2.05, 4.69) is 15.3 Å². The van der Waals surface area contributed by atoms with Crippen LogP contribution < -0.4 is 15.8 Å². The SMILES string of the molecule is COc1cc(NCC(N)C(C)O)ncn1. The predicted molar refractivity (Wildman–Crippen MR) is 56.7 cm³/mol. The third-order valence-corrected chi connectivity index (χ3v) is 1.99. The van der Waals surface area contributed by atoms with Gasteiger partial charge in [0.05, 0.1) is 13.2 Å². The van der Waals surface area contributed by atoms with Gasteiger partial charge in [0.1, 0.15) is 12.1 Å². The van der Waals surface area contributed by atoms with Crippen LogP contribution in [-0.2, 0) is 0 Å². The summed E-state index contributed by atoms with van der Waals surface area (Å²) in [4.78, 5) is 7.85. The van der Waals surface area contributed by atoms with Crippen LogP contribution >= 0.6 is 0 Å². The molecular formula is C9H16N4O2. The molecule has 6 heteroatoms. The fraction of sp³-hybridized carbons (Fsp3) is 0.556. The number of nitrogens with one attached hydrogen (secondary N) is 1. The molecule has 0 aromatic carbocycles. The average Bonchev–Trinajstić information content (AvgIpc) is 2.26. The van der Waals surface area contributed by atoms with Crippen LogP contribution in [0, 0.1) is 0 Å². The van der Waals surface area contributed by atoms with Crippen molar-refractivity contribution in [1.29, 1.82) is 0 Å². The standard InChI is InChI=1S/C9H16N4O2/c1-6(14)7(10)4-11-8-3-9(15-2)13-5-12-8/h3,5-7,14H,4,10H2,1-2H3,(H,11,12,13). The Morgan fingerprint density at radius 3 is 2.93 bits per heavy atom. The number of aliphatic hydroxyl groups excluding tert-OH is 1. The van der Waals surface area contributed by atoms with E-state index in [1.807, 2.05) is 0 Å². The van der Waals surface area contributed by atoms with Crippen molar-refractivity contribution in [3.63, 3.8) is 0 Å². The minimum atomic E-state index is -0.554. The van der Waals surface area contributed by atoms with Crippen LogP contribution in [0.2, 0.25) is 0 Å². The number of hydrogen-bond acceptors (Lipinski definition) is 6. The molecule has 0 aliphatic carbocycles. The third kappa shape index (κ3) is 3.69. The van der Waals surface area contributed by atoms with Gasteiger partial charge in [-0.05, 0) is 6.92 Å². The van der Waals surface area contributed by atoms with Gasteiger partial charge >= 0.3 is 0 Å². The summed E-state index contributed by atoms with van der Waals surface area (Å²) >= 11 is 0. The van der Waals surface area contributed by atoms with Crippen LogP contribution in [0.3, 0.4) is 0 Å². The molecule has 2 atom stereocenters. The maximum atomic E-state index is 9.18. The van der Waals surface area contributed by atoms with Gasteiger partial charge in [0.2, 0.25) is 5.88 Å². The number of nitrogens with two attached hydrogens (primary N) is 1. The lowest BCUT2D eigenvalue weighted by molar-refractivity contribution is 0.168. The van der Waals surface area contributed by atoms with Gasteiger partial charge in [-0.15, -0.1) is 0 Å². The molecule has 1 aromatic rings. The first-order chi connectivity index (χ1) is 7.13. The summed E-state index contributed by atoms with van der Waals surface area (Å²) < 4.78 is 4.94. The van der Waals surface area contributed by atoms with Crippen molar-refractivity contribution in [2.24, 2.45) is 5.73 Å². The Morgan fingerprint density at radius 2 is 2.33 bits per heavy atom. The van der Waals surface area contributed by atoms with Gasteiger partial charge in [-0.1, -0.05) is 0 Å². The number of anilines is 1. The van der Waals surface area contributed by atoms with Gasteiger partial charge in [0.25, 0.3) is 0 Å². The second-order valence-corrected chi connectivity index (χ2v) is 3.23. The summed E-state index contributed by atoms with van der Waals surface area (Å²) in [6.45, 7) is 2.09. The lowest BCUT2D eigenvalue weighted by Crippen LogP contribution is -2.38. The Balaban J connectivity index is 2.50. The van der Waals surface area contributed by atoms with Crippen molar-refractivity contribution in [2.45, 2.75) is 19.1 Å². The molecule has 0 saturated heterocycles. The lowest BCUT2D eigenvalue weighted by atomic mass is 10.2. The molecular weight excluding hydrogens is 196 g/mol. The number of rotatable bonds is 5. The van der Waals surface area contributed by atoms with Gasteiger partial charge in [-0.25, -0.2) is 9.97 Å². The van der Waals surface area contributed by atoms with Crippen molar-refractivity contribution in [1.82, 2.24) is 9.97 Å². The molecule has 0 aliphatic heterocycles. The molecule has 2 unspecified atom stereocenters. The fourth-order valence-corrected chi connectivity index (χ4v) is 0.941. The van der Waals surface area contributed by atoms with Crippen LogP contribution in [0.4, 0.5) is 5.82 Å². The van der Waals surface area contributed by atoms with Crippen LogP contribution in [0.5, 0.6) is 5.88 Å². The van der Waals surface area contributed by atoms with E-state index in [4.69, 9.17) is 10.5 Å². The van der Waals surface area contributed by atoms with E-state index in [-0.39, 0.29) is 6.04 Å². The van der Waals surface area contributed by atoms with E-state index in [1.54, 1.807) is 13.0 Å². The molecule has 1 aromatic heterocycles. The zero-order chi connectivity index (χ0) is 11.3. The van der Waals surface area contributed by atoms with E-state index >= 15 is 0 Å². The molecule has 0 aliphatic rings. The average molecular weight is 212 g/mol. The lowest BCUT2D eigenvalue weighted by Gasteiger charge is -2.15. The Morgan fingerprint density at radius 1 is 1.60 bits per heavy atom. The highest BCUT2D eigenvalue weighted by atomic mass is 16.5. The molecule has 0 fully saturated rings. The zero-order valence-corrected chi connectivity index (χ0v) is 8.84. The monoisotopic (exact) mass is 212 g/mol. The Hall–Kier alpha value is -1.40. The van der Waals surface area contributed by atoms with Gasteiger partial charge in [0, 0.05) is 18.7 Å². The molecule has 0 spiro atoms. The Bertz CT molecular complexity index is 306. The highest BCUT2D eigenvalue weighted by Crippen LogP contribution is 2.09. The van der Waals surface area contributed by atoms with Crippen molar-refractivity contribution in [3.05, 3.63) is 12.4 Å². The van der Waals surface area contributed by atoms with Crippen LogP contribution in [0.1, 0.15) is 6.92 Å². The molecule has 15 heavy (non-hydrogen) atoms.